The fourth-order valence-corrected chi connectivity index (χ4v) is 4.46. The van der Waals surface area contributed by atoms with E-state index in [2.05, 4.69) is 15.7 Å². The lowest BCUT2D eigenvalue weighted by Crippen LogP contribution is -2.38. The van der Waals surface area contributed by atoms with Crippen molar-refractivity contribution >= 4 is 17.4 Å². The second-order valence-electron chi connectivity index (χ2n) is 8.53. The molecule has 2 aliphatic heterocycles. The maximum Gasteiger partial charge on any atom is 0.410 e. The van der Waals surface area contributed by atoms with Crippen LogP contribution < -0.4 is 10.6 Å². The minimum atomic E-state index is -4.33. The maximum absolute atomic E-state index is 13.6. The lowest BCUT2D eigenvalue weighted by molar-refractivity contribution is -0.173. The highest BCUT2D eigenvalue weighted by molar-refractivity contribution is 5.92. The van der Waals surface area contributed by atoms with Crippen molar-refractivity contribution in [3.63, 3.8) is 0 Å². The van der Waals surface area contributed by atoms with E-state index in [1.54, 1.807) is 6.07 Å². The minimum absolute atomic E-state index is 0.00993. The molecule has 1 amide bonds. The Bertz CT molecular complexity index is 941. The Balaban J connectivity index is 1.41. The Morgan fingerprint density at radius 1 is 1.32 bits per heavy atom. The van der Waals surface area contributed by atoms with Gasteiger partial charge in [-0.05, 0) is 44.4 Å². The molecule has 1 aromatic heterocycles. The molecule has 0 spiro atoms. The minimum Gasteiger partial charge on any atom is -0.367 e. The number of hydrogen-bond acceptors (Lipinski definition) is 4. The third-order valence-corrected chi connectivity index (χ3v) is 6.26. The third-order valence-electron chi connectivity index (χ3n) is 6.26. The number of amides is 1. The van der Waals surface area contributed by atoms with Crippen molar-refractivity contribution in [1.29, 1.82) is 0 Å². The first-order chi connectivity index (χ1) is 14.7. The summed E-state index contributed by atoms with van der Waals surface area (Å²) in [6.45, 7) is 5.38. The first-order valence-corrected chi connectivity index (χ1v) is 10.7. The van der Waals surface area contributed by atoms with Crippen LogP contribution >= 0.6 is 0 Å². The summed E-state index contributed by atoms with van der Waals surface area (Å²) in [6, 6.07) is 7.54. The van der Waals surface area contributed by atoms with Crippen LogP contribution in [-0.2, 0) is 4.79 Å². The van der Waals surface area contributed by atoms with Gasteiger partial charge in [-0.1, -0.05) is 25.1 Å². The highest BCUT2D eigenvalue weighted by Gasteiger charge is 2.46. The Kier molecular flexibility index (Phi) is 5.96. The number of hydrogen-bond donors (Lipinski definition) is 2. The number of nitrogens with zero attached hydrogens (tertiary/aromatic N) is 3. The van der Waals surface area contributed by atoms with E-state index in [9.17, 15) is 18.0 Å². The summed E-state index contributed by atoms with van der Waals surface area (Å²) < 4.78 is 41.9. The van der Waals surface area contributed by atoms with Crippen LogP contribution in [-0.4, -0.2) is 52.4 Å². The number of fused-ring (bicyclic) bond motifs is 1. The second-order valence-corrected chi connectivity index (χ2v) is 8.53. The zero-order valence-electron chi connectivity index (χ0n) is 17.7. The SMILES string of the molecule is CCC1CC(C(F)(F)F)n2nc(C3CCN(CC(=O)Nc4ccccc4C)C3)cc2N1. The van der Waals surface area contributed by atoms with Crippen LogP contribution in [0.25, 0.3) is 0 Å². The number of carbonyl (C=O) groups excluding carboxylic acids is 1. The lowest BCUT2D eigenvalue weighted by Gasteiger charge is -2.32. The van der Waals surface area contributed by atoms with E-state index < -0.39 is 12.2 Å². The van der Waals surface area contributed by atoms with E-state index >= 15 is 0 Å². The van der Waals surface area contributed by atoms with E-state index in [-0.39, 0.29) is 30.8 Å². The number of aryl methyl sites for hydroxylation is 1. The Labute approximate surface area is 179 Å². The highest BCUT2D eigenvalue weighted by atomic mass is 19.4. The summed E-state index contributed by atoms with van der Waals surface area (Å²) in [5, 5.41) is 10.5. The number of alkyl halides is 3. The molecule has 1 fully saturated rings. The summed E-state index contributed by atoms with van der Waals surface area (Å²) in [7, 11) is 0. The van der Waals surface area contributed by atoms with Crippen LogP contribution in [0.5, 0.6) is 0 Å². The third kappa shape index (κ3) is 4.71. The van der Waals surface area contributed by atoms with Crippen molar-refractivity contribution in [2.45, 2.75) is 57.3 Å². The Hall–Kier alpha value is -2.55. The normalized spacial score (nSPS) is 24.0. The van der Waals surface area contributed by atoms with Crippen LogP contribution in [0.2, 0.25) is 0 Å². The Morgan fingerprint density at radius 3 is 2.81 bits per heavy atom. The number of rotatable bonds is 5. The molecule has 2 N–H and O–H groups in total. The number of likely N-dealkylation sites (tertiary alicyclic amines) is 1. The fourth-order valence-electron chi connectivity index (χ4n) is 4.46. The van der Waals surface area contributed by atoms with Gasteiger partial charge in [0.05, 0.1) is 12.2 Å². The monoisotopic (exact) mass is 435 g/mol. The van der Waals surface area contributed by atoms with E-state index in [4.69, 9.17) is 0 Å². The summed E-state index contributed by atoms with van der Waals surface area (Å²) in [6.07, 6.45) is -2.95. The molecule has 1 aromatic carbocycles. The molecule has 4 rings (SSSR count). The molecule has 31 heavy (non-hydrogen) atoms. The molecule has 0 aliphatic carbocycles. The molecule has 3 heterocycles. The predicted octanol–water partition coefficient (Wildman–Crippen LogP) is 4.32. The standard InChI is InChI=1S/C22H28F3N5O/c1-3-16-10-19(22(23,24)25)30-20(26-16)11-18(28-30)15-8-9-29(12-15)13-21(31)27-17-7-5-4-6-14(17)2/h4-7,11,15-16,19,26H,3,8-10,12-13H2,1-2H3,(H,27,31). The molecule has 0 radical (unpaired) electrons. The van der Waals surface area contributed by atoms with E-state index in [1.807, 2.05) is 43.0 Å². The average molecular weight is 435 g/mol. The van der Waals surface area contributed by atoms with Gasteiger partial charge in [0.1, 0.15) is 5.82 Å². The van der Waals surface area contributed by atoms with Gasteiger partial charge in [0.15, 0.2) is 6.04 Å². The van der Waals surface area contributed by atoms with Crippen LogP contribution in [0.4, 0.5) is 24.7 Å². The largest absolute Gasteiger partial charge is 0.410 e. The number of carbonyl (C=O) groups is 1. The summed E-state index contributed by atoms with van der Waals surface area (Å²) >= 11 is 0. The van der Waals surface area contributed by atoms with Crippen molar-refractivity contribution in [1.82, 2.24) is 14.7 Å². The van der Waals surface area contributed by atoms with Gasteiger partial charge in [-0.2, -0.15) is 18.3 Å². The molecule has 0 bridgehead atoms. The van der Waals surface area contributed by atoms with Gasteiger partial charge < -0.3 is 10.6 Å². The maximum atomic E-state index is 13.6. The van der Waals surface area contributed by atoms with E-state index in [0.717, 1.165) is 22.4 Å². The van der Waals surface area contributed by atoms with Gasteiger partial charge in [0, 0.05) is 30.3 Å². The molecule has 168 valence electrons. The molecule has 3 atom stereocenters. The Morgan fingerprint density at radius 2 is 2.10 bits per heavy atom. The predicted molar refractivity (Wildman–Crippen MR) is 113 cm³/mol. The second kappa shape index (κ2) is 8.53. The number of anilines is 2. The quantitative estimate of drug-likeness (QED) is 0.735. The molecule has 2 aliphatic rings. The van der Waals surface area contributed by atoms with Crippen molar-refractivity contribution in [3.05, 3.63) is 41.6 Å². The fraction of sp³-hybridized carbons (Fsp3) is 0.545. The number of para-hydroxylation sites is 1. The molecule has 0 saturated carbocycles. The van der Waals surface area contributed by atoms with E-state index in [1.165, 1.54) is 0 Å². The van der Waals surface area contributed by atoms with Gasteiger partial charge in [-0.15, -0.1) is 0 Å². The number of aromatic nitrogens is 2. The number of nitrogens with one attached hydrogen (secondary N) is 2. The number of halogens is 3. The van der Waals surface area contributed by atoms with Crippen LogP contribution in [0, 0.1) is 6.92 Å². The zero-order valence-corrected chi connectivity index (χ0v) is 17.7. The van der Waals surface area contributed by atoms with Crippen LogP contribution in [0.3, 0.4) is 0 Å². The molecule has 9 heteroatoms. The first kappa shape index (κ1) is 21.7. The van der Waals surface area contributed by atoms with Gasteiger partial charge in [-0.25, -0.2) is 4.68 Å². The molecule has 2 aromatic rings. The van der Waals surface area contributed by atoms with Crippen LogP contribution in [0.15, 0.2) is 30.3 Å². The molecular formula is C22H28F3N5O. The summed E-state index contributed by atoms with van der Waals surface area (Å²) in [5.41, 5.74) is 2.45. The smallest absolute Gasteiger partial charge is 0.367 e. The lowest BCUT2D eigenvalue weighted by atomic mass is 10.0. The molecule has 1 saturated heterocycles. The van der Waals surface area contributed by atoms with Crippen molar-refractivity contribution in [3.8, 4) is 0 Å². The first-order valence-electron chi connectivity index (χ1n) is 10.7. The van der Waals surface area contributed by atoms with Crippen LogP contribution in [0.1, 0.15) is 49.4 Å². The number of benzene rings is 1. The topological polar surface area (TPSA) is 62.2 Å². The van der Waals surface area contributed by atoms with Crippen molar-refractivity contribution in [2.24, 2.45) is 0 Å². The van der Waals surface area contributed by atoms with E-state index in [0.29, 0.717) is 31.0 Å². The van der Waals surface area contributed by atoms with Gasteiger partial charge in [-0.3, -0.25) is 9.69 Å². The molecule has 3 unspecified atom stereocenters. The highest BCUT2D eigenvalue weighted by Crippen LogP contribution is 2.41. The molecule has 6 nitrogen and oxygen atoms in total. The summed E-state index contributed by atoms with van der Waals surface area (Å²) in [5.74, 6) is 0.356. The zero-order chi connectivity index (χ0) is 22.2. The van der Waals surface area contributed by atoms with Crippen molar-refractivity contribution < 1.29 is 18.0 Å². The molecular weight excluding hydrogens is 407 g/mol. The van der Waals surface area contributed by atoms with Gasteiger partial charge in [0.2, 0.25) is 5.91 Å². The van der Waals surface area contributed by atoms with Gasteiger partial charge >= 0.3 is 6.18 Å². The summed E-state index contributed by atoms with van der Waals surface area (Å²) in [4.78, 5) is 14.5. The van der Waals surface area contributed by atoms with Crippen molar-refractivity contribution in [2.75, 3.05) is 30.3 Å². The van der Waals surface area contributed by atoms with Gasteiger partial charge in [0.25, 0.3) is 0 Å². The average Bonchev–Trinajstić information content (AvgIpc) is 3.34.